The smallest absolute Gasteiger partial charge is 0.122 e. The maximum absolute atomic E-state index is 9.12. The van der Waals surface area contributed by atoms with Gasteiger partial charge < -0.3 is 5.11 Å². The number of alkyl halides is 1. The summed E-state index contributed by atoms with van der Waals surface area (Å²) in [6.07, 6.45) is 1.25. The van der Waals surface area contributed by atoms with Gasteiger partial charge in [0.1, 0.15) is 11.1 Å². The first-order valence-electron chi connectivity index (χ1n) is 2.48. The summed E-state index contributed by atoms with van der Waals surface area (Å²) in [6, 6.07) is 0. The van der Waals surface area contributed by atoms with Crippen molar-refractivity contribution in [3.8, 4) is 0 Å². The predicted octanol–water partition coefficient (Wildman–Crippen LogP) is 1.57. The highest BCUT2D eigenvalue weighted by molar-refractivity contribution is 9.09. The van der Waals surface area contributed by atoms with Gasteiger partial charge in [0.15, 0.2) is 0 Å². The summed E-state index contributed by atoms with van der Waals surface area (Å²) < 4.78 is 0. The molecule has 1 N–H and O–H groups in total. The summed E-state index contributed by atoms with van der Waals surface area (Å²) in [6.45, 7) is 0. The summed E-state index contributed by atoms with van der Waals surface area (Å²) in [7, 11) is 0. The first kappa shape index (κ1) is 7.18. The van der Waals surface area contributed by atoms with Gasteiger partial charge in [0.2, 0.25) is 0 Å². The van der Waals surface area contributed by atoms with Crippen LogP contribution in [-0.4, -0.2) is 15.4 Å². The van der Waals surface area contributed by atoms with Crippen molar-refractivity contribution in [2.45, 2.75) is 6.10 Å². The first-order valence-corrected chi connectivity index (χ1v) is 4.48. The molecule has 9 heavy (non-hydrogen) atoms. The zero-order valence-electron chi connectivity index (χ0n) is 4.62. The lowest BCUT2D eigenvalue weighted by Gasteiger charge is -1.98. The van der Waals surface area contributed by atoms with Gasteiger partial charge in [-0.2, -0.15) is 0 Å². The summed E-state index contributed by atoms with van der Waals surface area (Å²) >= 11 is 4.62. The van der Waals surface area contributed by atoms with Crippen LogP contribution in [0.3, 0.4) is 0 Å². The number of aromatic nitrogens is 1. The normalized spacial score (nSPS) is 13.6. The van der Waals surface area contributed by atoms with Crippen LogP contribution in [0.2, 0.25) is 0 Å². The predicted molar refractivity (Wildman–Crippen MR) is 40.9 cm³/mol. The number of aliphatic hydroxyl groups is 1. The Morgan fingerprint density at radius 1 is 1.89 bits per heavy atom. The molecular weight excluding hydrogens is 202 g/mol. The van der Waals surface area contributed by atoms with Crippen molar-refractivity contribution in [1.29, 1.82) is 0 Å². The molecule has 0 aliphatic heterocycles. The lowest BCUT2D eigenvalue weighted by molar-refractivity contribution is 0.205. The van der Waals surface area contributed by atoms with Gasteiger partial charge in [-0.25, -0.2) is 4.98 Å². The minimum absolute atomic E-state index is 0.440. The molecule has 0 aromatic carbocycles. The van der Waals surface area contributed by atoms with E-state index in [-0.39, 0.29) is 0 Å². The number of aliphatic hydroxyl groups excluding tert-OH is 1. The first-order chi connectivity index (χ1) is 4.34. The van der Waals surface area contributed by atoms with Gasteiger partial charge in [0.05, 0.1) is 0 Å². The molecule has 4 heteroatoms. The third kappa shape index (κ3) is 1.74. The Labute approximate surface area is 65.7 Å². The minimum Gasteiger partial charge on any atom is -0.385 e. The van der Waals surface area contributed by atoms with Crippen molar-refractivity contribution in [3.63, 3.8) is 0 Å². The summed E-state index contributed by atoms with van der Waals surface area (Å²) in [4.78, 5) is 3.93. The van der Waals surface area contributed by atoms with E-state index in [1.807, 2.05) is 5.38 Å². The Kier molecular flexibility index (Phi) is 2.63. The van der Waals surface area contributed by atoms with E-state index in [2.05, 4.69) is 20.9 Å². The number of thiazole rings is 1. The maximum atomic E-state index is 9.12. The number of hydrogen-bond acceptors (Lipinski definition) is 3. The van der Waals surface area contributed by atoms with E-state index in [0.717, 1.165) is 5.01 Å². The van der Waals surface area contributed by atoms with E-state index in [0.29, 0.717) is 5.33 Å². The Hall–Kier alpha value is 0.0700. The number of rotatable bonds is 2. The van der Waals surface area contributed by atoms with E-state index in [9.17, 15) is 0 Å². The molecule has 0 unspecified atom stereocenters. The molecule has 0 fully saturated rings. The quantitative estimate of drug-likeness (QED) is 0.748. The van der Waals surface area contributed by atoms with Crippen LogP contribution in [-0.2, 0) is 0 Å². The Bertz CT molecular complexity index is 165. The van der Waals surface area contributed by atoms with Crippen molar-refractivity contribution < 1.29 is 5.11 Å². The molecule has 1 atom stereocenters. The Balaban J connectivity index is 2.65. The molecule has 0 spiro atoms. The monoisotopic (exact) mass is 207 g/mol. The summed E-state index contributed by atoms with van der Waals surface area (Å²) in [5.41, 5.74) is 0. The van der Waals surface area contributed by atoms with Crippen LogP contribution in [0.15, 0.2) is 11.6 Å². The molecule has 2 nitrogen and oxygen atoms in total. The van der Waals surface area contributed by atoms with Crippen molar-refractivity contribution in [2.24, 2.45) is 0 Å². The van der Waals surface area contributed by atoms with E-state index in [1.165, 1.54) is 11.3 Å². The van der Waals surface area contributed by atoms with Gasteiger partial charge in [0.25, 0.3) is 0 Å². The molecule has 0 radical (unpaired) electrons. The second-order valence-electron chi connectivity index (χ2n) is 1.54. The third-order valence-electron chi connectivity index (χ3n) is 0.883. The largest absolute Gasteiger partial charge is 0.385 e. The van der Waals surface area contributed by atoms with Gasteiger partial charge in [-0.15, -0.1) is 11.3 Å². The number of halogens is 1. The van der Waals surface area contributed by atoms with Crippen LogP contribution < -0.4 is 0 Å². The second kappa shape index (κ2) is 3.29. The molecule has 0 amide bonds. The highest BCUT2D eigenvalue weighted by Crippen LogP contribution is 2.16. The highest BCUT2D eigenvalue weighted by atomic mass is 79.9. The lowest BCUT2D eigenvalue weighted by Crippen LogP contribution is -1.95. The molecular formula is C5H6BrNOS. The second-order valence-corrected chi connectivity index (χ2v) is 3.11. The molecule has 1 heterocycles. The summed E-state index contributed by atoms with van der Waals surface area (Å²) in [5.74, 6) is 0. The molecule has 0 bridgehead atoms. The van der Waals surface area contributed by atoms with Crippen LogP contribution in [0, 0.1) is 0 Å². The lowest BCUT2D eigenvalue weighted by atomic mass is 10.4. The van der Waals surface area contributed by atoms with E-state index < -0.39 is 6.10 Å². The molecule has 0 saturated heterocycles. The fourth-order valence-corrected chi connectivity index (χ4v) is 1.61. The SMILES string of the molecule is O[C@H](CBr)c1nccs1. The molecule has 0 saturated carbocycles. The van der Waals surface area contributed by atoms with Crippen molar-refractivity contribution in [1.82, 2.24) is 4.98 Å². The Morgan fingerprint density at radius 3 is 3.11 bits per heavy atom. The van der Waals surface area contributed by atoms with Crippen LogP contribution in [0.5, 0.6) is 0 Å². The number of nitrogens with zero attached hydrogens (tertiary/aromatic N) is 1. The molecule has 1 rings (SSSR count). The zero-order chi connectivity index (χ0) is 6.69. The fourth-order valence-electron chi connectivity index (χ4n) is 0.465. The maximum Gasteiger partial charge on any atom is 0.122 e. The van der Waals surface area contributed by atoms with Crippen molar-refractivity contribution >= 4 is 27.3 Å². The van der Waals surface area contributed by atoms with Crippen molar-refractivity contribution in [2.75, 3.05) is 5.33 Å². The molecule has 50 valence electrons. The van der Waals surface area contributed by atoms with E-state index in [1.54, 1.807) is 6.20 Å². The number of hydrogen-bond donors (Lipinski definition) is 1. The minimum atomic E-state index is -0.440. The fraction of sp³-hybridized carbons (Fsp3) is 0.400. The van der Waals surface area contributed by atoms with Gasteiger partial charge in [-0.3, -0.25) is 0 Å². The topological polar surface area (TPSA) is 33.1 Å². The van der Waals surface area contributed by atoms with Crippen LogP contribution in [0.1, 0.15) is 11.1 Å². The van der Waals surface area contributed by atoms with Crippen LogP contribution in [0.4, 0.5) is 0 Å². The molecule has 1 aromatic heterocycles. The van der Waals surface area contributed by atoms with Gasteiger partial charge in [0, 0.05) is 16.9 Å². The average molecular weight is 208 g/mol. The van der Waals surface area contributed by atoms with E-state index in [4.69, 9.17) is 5.11 Å². The molecule has 0 aliphatic carbocycles. The highest BCUT2D eigenvalue weighted by Gasteiger charge is 2.06. The van der Waals surface area contributed by atoms with Gasteiger partial charge >= 0.3 is 0 Å². The van der Waals surface area contributed by atoms with Crippen LogP contribution in [0.25, 0.3) is 0 Å². The van der Waals surface area contributed by atoms with Crippen molar-refractivity contribution in [3.05, 3.63) is 16.6 Å². The third-order valence-corrected chi connectivity index (χ3v) is 2.37. The van der Waals surface area contributed by atoms with Gasteiger partial charge in [-0.1, -0.05) is 15.9 Å². The van der Waals surface area contributed by atoms with Gasteiger partial charge in [-0.05, 0) is 0 Å². The average Bonchev–Trinajstić information content (AvgIpc) is 2.37. The molecule has 1 aromatic rings. The standard InChI is InChI=1S/C5H6BrNOS/c6-3-4(8)5-7-1-2-9-5/h1-2,4,8H,3H2/t4-/m1/s1. The molecule has 0 aliphatic rings. The van der Waals surface area contributed by atoms with Crippen LogP contribution >= 0.6 is 27.3 Å². The Morgan fingerprint density at radius 2 is 2.67 bits per heavy atom. The summed E-state index contributed by atoms with van der Waals surface area (Å²) in [5, 5.41) is 12.3. The zero-order valence-corrected chi connectivity index (χ0v) is 7.02. The van der Waals surface area contributed by atoms with E-state index >= 15 is 0 Å².